The minimum atomic E-state index is -2.95. The molecule has 0 bridgehead atoms. The Kier molecular flexibility index (Phi) is 4.32. The fraction of sp³-hybridized carbons (Fsp3) is 0.900. The number of hydrogen-bond donors (Lipinski definition) is 2. The third kappa shape index (κ3) is 3.75. The van der Waals surface area contributed by atoms with Crippen molar-refractivity contribution in [3.8, 4) is 0 Å². The molecular weight excluding hydrogens is 230 g/mol. The van der Waals surface area contributed by atoms with E-state index in [2.05, 4.69) is 5.32 Å². The molecule has 0 aliphatic heterocycles. The van der Waals surface area contributed by atoms with Crippen LogP contribution >= 0.6 is 0 Å². The van der Waals surface area contributed by atoms with Gasteiger partial charge in [-0.3, -0.25) is 4.79 Å². The van der Waals surface area contributed by atoms with Gasteiger partial charge in [0.25, 0.3) is 0 Å². The average Bonchev–Trinajstić information content (AvgIpc) is 2.60. The lowest BCUT2D eigenvalue weighted by Gasteiger charge is -2.25. The van der Waals surface area contributed by atoms with Crippen molar-refractivity contribution >= 4 is 15.8 Å². The summed E-state index contributed by atoms with van der Waals surface area (Å²) in [5.74, 6) is -0.709. The maximum absolute atomic E-state index is 11.1. The number of carbonyl (C=O) groups is 1. The highest BCUT2D eigenvalue weighted by Gasteiger charge is 2.40. The lowest BCUT2D eigenvalue weighted by atomic mass is 9.98. The molecule has 1 rings (SSSR count). The van der Waals surface area contributed by atoms with Gasteiger partial charge in [-0.15, -0.1) is 0 Å². The van der Waals surface area contributed by atoms with E-state index >= 15 is 0 Å². The number of sulfone groups is 1. The Hall–Kier alpha value is -0.620. The lowest BCUT2D eigenvalue weighted by molar-refractivity contribution is -0.144. The second-order valence-corrected chi connectivity index (χ2v) is 6.76. The molecule has 0 amide bonds. The van der Waals surface area contributed by atoms with Gasteiger partial charge in [0.2, 0.25) is 0 Å². The van der Waals surface area contributed by atoms with E-state index in [1.807, 2.05) is 0 Å². The van der Waals surface area contributed by atoms with Crippen LogP contribution in [0, 0.1) is 0 Å². The smallest absolute Gasteiger partial charge is 0.323 e. The SMILES string of the molecule is CS(=O)(=O)CCCNC1(C(=O)O)CCCC1. The number of carboxylic acids is 1. The summed E-state index contributed by atoms with van der Waals surface area (Å²) in [6.45, 7) is 0.444. The molecule has 16 heavy (non-hydrogen) atoms. The van der Waals surface area contributed by atoms with E-state index in [1.54, 1.807) is 0 Å². The quantitative estimate of drug-likeness (QED) is 0.666. The van der Waals surface area contributed by atoms with Crippen molar-refractivity contribution in [1.29, 1.82) is 0 Å². The Balaban J connectivity index is 2.38. The molecule has 1 aliphatic rings. The molecule has 0 spiro atoms. The van der Waals surface area contributed by atoms with Crippen LogP contribution in [0.2, 0.25) is 0 Å². The number of nitrogens with one attached hydrogen (secondary N) is 1. The first-order chi connectivity index (χ1) is 7.36. The molecule has 6 heteroatoms. The van der Waals surface area contributed by atoms with Crippen LogP contribution in [0.25, 0.3) is 0 Å². The molecule has 0 unspecified atom stereocenters. The standard InChI is InChI=1S/C10H19NO4S/c1-16(14,15)8-4-7-11-10(9(12)13)5-2-3-6-10/h11H,2-8H2,1H3,(H,12,13). The summed E-state index contributed by atoms with van der Waals surface area (Å²) < 4.78 is 21.8. The number of carboxylic acid groups (broad SMARTS) is 1. The highest BCUT2D eigenvalue weighted by molar-refractivity contribution is 7.90. The van der Waals surface area contributed by atoms with Crippen LogP contribution in [-0.4, -0.2) is 43.6 Å². The van der Waals surface area contributed by atoms with Crippen LogP contribution in [0.5, 0.6) is 0 Å². The summed E-state index contributed by atoms with van der Waals surface area (Å²) in [6, 6.07) is 0. The molecule has 0 aromatic rings. The largest absolute Gasteiger partial charge is 0.480 e. The molecule has 0 saturated heterocycles. The van der Waals surface area contributed by atoms with Gasteiger partial charge in [-0.2, -0.15) is 0 Å². The first-order valence-corrected chi connectivity index (χ1v) is 7.58. The zero-order chi connectivity index (χ0) is 12.2. The fourth-order valence-electron chi connectivity index (χ4n) is 2.11. The topological polar surface area (TPSA) is 83.5 Å². The molecule has 0 radical (unpaired) electrons. The Bertz CT molecular complexity index is 344. The first kappa shape index (κ1) is 13.4. The zero-order valence-corrected chi connectivity index (χ0v) is 10.3. The summed E-state index contributed by atoms with van der Waals surface area (Å²) in [7, 11) is -2.95. The summed E-state index contributed by atoms with van der Waals surface area (Å²) >= 11 is 0. The molecule has 5 nitrogen and oxygen atoms in total. The Morgan fingerprint density at radius 2 is 1.94 bits per heavy atom. The van der Waals surface area contributed by atoms with Crippen LogP contribution < -0.4 is 5.32 Å². The van der Waals surface area contributed by atoms with E-state index in [-0.39, 0.29) is 5.75 Å². The van der Waals surface area contributed by atoms with Crippen molar-refractivity contribution in [3.05, 3.63) is 0 Å². The highest BCUT2D eigenvalue weighted by Crippen LogP contribution is 2.29. The normalized spacial score (nSPS) is 19.8. The lowest BCUT2D eigenvalue weighted by Crippen LogP contribution is -2.50. The van der Waals surface area contributed by atoms with E-state index < -0.39 is 21.3 Å². The predicted molar refractivity (Wildman–Crippen MR) is 61.2 cm³/mol. The molecule has 0 aromatic carbocycles. The van der Waals surface area contributed by atoms with Crippen molar-refractivity contribution < 1.29 is 18.3 Å². The molecule has 1 fully saturated rings. The van der Waals surface area contributed by atoms with Crippen LogP contribution in [-0.2, 0) is 14.6 Å². The van der Waals surface area contributed by atoms with Gasteiger partial charge in [-0.05, 0) is 25.8 Å². The molecule has 0 heterocycles. The van der Waals surface area contributed by atoms with Crippen molar-refractivity contribution in [1.82, 2.24) is 5.32 Å². The van der Waals surface area contributed by atoms with Crippen LogP contribution in [0.1, 0.15) is 32.1 Å². The summed E-state index contributed by atoms with van der Waals surface area (Å²) in [6.07, 6.45) is 4.78. The summed E-state index contributed by atoms with van der Waals surface area (Å²) in [5, 5.41) is 12.1. The molecule has 1 saturated carbocycles. The van der Waals surface area contributed by atoms with Gasteiger partial charge in [-0.1, -0.05) is 12.8 Å². The third-order valence-electron chi connectivity index (χ3n) is 3.02. The van der Waals surface area contributed by atoms with Gasteiger partial charge in [0.1, 0.15) is 15.4 Å². The van der Waals surface area contributed by atoms with E-state index in [0.29, 0.717) is 25.8 Å². The van der Waals surface area contributed by atoms with Crippen LogP contribution in [0.15, 0.2) is 0 Å². The Morgan fingerprint density at radius 1 is 1.38 bits per heavy atom. The van der Waals surface area contributed by atoms with Gasteiger partial charge < -0.3 is 10.4 Å². The van der Waals surface area contributed by atoms with Gasteiger partial charge in [-0.25, -0.2) is 8.42 Å². The predicted octanol–water partition coefficient (Wildman–Crippen LogP) is 0.408. The monoisotopic (exact) mass is 249 g/mol. The van der Waals surface area contributed by atoms with Gasteiger partial charge in [0, 0.05) is 6.26 Å². The van der Waals surface area contributed by atoms with E-state index in [9.17, 15) is 13.2 Å². The molecule has 94 valence electrons. The Morgan fingerprint density at radius 3 is 2.38 bits per heavy atom. The van der Waals surface area contributed by atoms with Gasteiger partial charge in [0.15, 0.2) is 0 Å². The highest BCUT2D eigenvalue weighted by atomic mass is 32.2. The first-order valence-electron chi connectivity index (χ1n) is 5.52. The van der Waals surface area contributed by atoms with Crippen molar-refractivity contribution in [2.45, 2.75) is 37.6 Å². The maximum atomic E-state index is 11.1. The van der Waals surface area contributed by atoms with Crippen molar-refractivity contribution in [3.63, 3.8) is 0 Å². The zero-order valence-electron chi connectivity index (χ0n) is 9.53. The van der Waals surface area contributed by atoms with Crippen LogP contribution in [0.3, 0.4) is 0 Å². The average molecular weight is 249 g/mol. The fourth-order valence-corrected chi connectivity index (χ4v) is 2.78. The number of hydrogen-bond acceptors (Lipinski definition) is 4. The molecule has 0 aromatic heterocycles. The Labute approximate surface area is 96.1 Å². The van der Waals surface area contributed by atoms with Gasteiger partial charge in [0.05, 0.1) is 5.75 Å². The van der Waals surface area contributed by atoms with Crippen molar-refractivity contribution in [2.75, 3.05) is 18.6 Å². The second kappa shape index (κ2) is 5.14. The molecule has 1 aliphatic carbocycles. The third-order valence-corrected chi connectivity index (χ3v) is 4.05. The van der Waals surface area contributed by atoms with E-state index in [4.69, 9.17) is 5.11 Å². The van der Waals surface area contributed by atoms with Crippen LogP contribution in [0.4, 0.5) is 0 Å². The maximum Gasteiger partial charge on any atom is 0.323 e. The van der Waals surface area contributed by atoms with E-state index in [1.165, 1.54) is 6.26 Å². The molecule has 2 N–H and O–H groups in total. The second-order valence-electron chi connectivity index (χ2n) is 4.50. The molecule has 0 atom stereocenters. The summed E-state index contributed by atoms with van der Waals surface area (Å²) in [4.78, 5) is 11.1. The number of aliphatic carboxylic acids is 1. The van der Waals surface area contributed by atoms with Gasteiger partial charge >= 0.3 is 5.97 Å². The number of rotatable bonds is 6. The summed E-state index contributed by atoms with van der Waals surface area (Å²) in [5.41, 5.74) is -0.808. The minimum Gasteiger partial charge on any atom is -0.480 e. The van der Waals surface area contributed by atoms with E-state index in [0.717, 1.165) is 12.8 Å². The molecular formula is C10H19NO4S. The van der Waals surface area contributed by atoms with Crippen molar-refractivity contribution in [2.24, 2.45) is 0 Å². The minimum absolute atomic E-state index is 0.107.